The van der Waals surface area contributed by atoms with Crippen molar-refractivity contribution in [1.29, 1.82) is 0 Å². The molecule has 0 saturated carbocycles. The molecule has 2 atom stereocenters. The molecule has 9 heteroatoms. The molecule has 1 heterocycles. The number of ketones is 1. The van der Waals surface area contributed by atoms with Crippen molar-refractivity contribution >= 4 is 47.4 Å². The maximum Gasteiger partial charge on any atom is 0.307 e. The first kappa shape index (κ1) is 26.3. The van der Waals surface area contributed by atoms with E-state index in [4.69, 9.17) is 10.7 Å². The number of carbonyl (C=O) groups excluding carboxylic acids is 2. The number of fused-ring (bicyclic) bond motifs is 1. The first-order valence-corrected chi connectivity index (χ1v) is 12.4. The van der Waals surface area contributed by atoms with Gasteiger partial charge in [0.25, 0.3) is 5.91 Å². The molecule has 0 saturated heterocycles. The van der Waals surface area contributed by atoms with Gasteiger partial charge in [-0.15, -0.1) is 0 Å². The number of hydrogen-bond donors (Lipinski definition) is 4. The lowest BCUT2D eigenvalue weighted by atomic mass is 9.98. The largest absolute Gasteiger partial charge is 0.481 e. The van der Waals surface area contributed by atoms with Crippen LogP contribution in [0.1, 0.15) is 22.3 Å². The highest BCUT2D eigenvalue weighted by Gasteiger charge is 2.35. The quantitative estimate of drug-likeness (QED) is 0.324. The number of amides is 1. The van der Waals surface area contributed by atoms with E-state index in [1.54, 1.807) is 12.1 Å². The van der Waals surface area contributed by atoms with Crippen LogP contribution in [0.25, 0.3) is 0 Å². The highest BCUT2D eigenvalue weighted by Crippen LogP contribution is 2.37. The van der Waals surface area contributed by atoms with Crippen LogP contribution in [0.4, 0.5) is 11.4 Å². The van der Waals surface area contributed by atoms with Gasteiger partial charge in [0, 0.05) is 16.9 Å². The zero-order valence-corrected chi connectivity index (χ0v) is 21.2. The topological polar surface area (TPSA) is 125 Å². The van der Waals surface area contributed by atoms with E-state index < -0.39 is 24.1 Å². The molecule has 0 aliphatic carbocycles. The number of nitrogens with one attached hydrogen (secondary N) is 1. The number of anilines is 2. The number of aliphatic imine (C=N–C) groups is 1. The van der Waals surface area contributed by atoms with E-state index in [0.717, 1.165) is 11.1 Å². The molecule has 0 fully saturated rings. The Kier molecular flexibility index (Phi) is 8.17. The Morgan fingerprint density at radius 3 is 2.49 bits per heavy atom. The van der Waals surface area contributed by atoms with Gasteiger partial charge >= 0.3 is 5.97 Å². The monoisotopic (exact) mass is 516 g/mol. The predicted octanol–water partition coefficient (Wildman–Crippen LogP) is 2.88. The molecular weight excluding hydrogens is 488 g/mol. The van der Waals surface area contributed by atoms with Crippen molar-refractivity contribution in [3.63, 3.8) is 0 Å². The van der Waals surface area contributed by atoms with Crippen molar-refractivity contribution in [2.75, 3.05) is 17.2 Å². The second-order valence-corrected chi connectivity index (χ2v) is 9.09. The minimum atomic E-state index is -1.13. The number of Topliss-reactive ketones (excluding diaryl/α,β-unsaturated/α-hetero) is 1. The van der Waals surface area contributed by atoms with Crippen LogP contribution >= 0.6 is 12.6 Å². The molecule has 0 bridgehead atoms. The van der Waals surface area contributed by atoms with E-state index in [1.807, 2.05) is 67.6 Å². The molecule has 3 aromatic carbocycles. The summed E-state index contributed by atoms with van der Waals surface area (Å²) in [5.74, 6) is -1.57. The Balaban J connectivity index is 1.91. The van der Waals surface area contributed by atoms with Gasteiger partial charge in [-0.25, -0.2) is 0 Å². The molecule has 1 aliphatic heterocycles. The Morgan fingerprint density at radius 1 is 1.08 bits per heavy atom. The van der Waals surface area contributed by atoms with Crippen LogP contribution < -0.4 is 16.0 Å². The van der Waals surface area contributed by atoms with Gasteiger partial charge in [-0.2, -0.15) is 12.6 Å². The van der Waals surface area contributed by atoms with Crippen molar-refractivity contribution < 1.29 is 19.5 Å². The zero-order valence-electron chi connectivity index (χ0n) is 20.3. The fraction of sp³-hybridized carbons (Fsp3) is 0.214. The van der Waals surface area contributed by atoms with Gasteiger partial charge in [0.1, 0.15) is 0 Å². The molecule has 37 heavy (non-hydrogen) atoms. The van der Waals surface area contributed by atoms with Crippen molar-refractivity contribution in [3.05, 3.63) is 95.1 Å². The van der Waals surface area contributed by atoms with E-state index in [1.165, 1.54) is 4.90 Å². The third-order valence-corrected chi connectivity index (χ3v) is 6.52. The molecule has 190 valence electrons. The summed E-state index contributed by atoms with van der Waals surface area (Å²) in [5, 5.41) is 12.5. The molecule has 3 aromatic rings. The molecule has 8 nitrogen and oxygen atoms in total. The van der Waals surface area contributed by atoms with Gasteiger partial charge in [0.15, 0.2) is 11.9 Å². The van der Waals surface area contributed by atoms with Crippen LogP contribution in [0.2, 0.25) is 0 Å². The number of hydrogen-bond acceptors (Lipinski definition) is 7. The number of thiol groups is 1. The number of benzodiazepines with no additional fused rings is 1. The summed E-state index contributed by atoms with van der Waals surface area (Å²) in [6.45, 7) is 1.65. The summed E-state index contributed by atoms with van der Waals surface area (Å²) in [6, 6.07) is 21.4. The first-order valence-electron chi connectivity index (χ1n) is 11.8. The fourth-order valence-electron chi connectivity index (χ4n) is 4.33. The predicted molar refractivity (Wildman–Crippen MR) is 147 cm³/mol. The van der Waals surface area contributed by atoms with Gasteiger partial charge in [-0.1, -0.05) is 66.7 Å². The van der Waals surface area contributed by atoms with Gasteiger partial charge in [0.05, 0.1) is 36.1 Å². The molecule has 0 aromatic heterocycles. The number of aryl methyl sites for hydroxylation is 1. The minimum absolute atomic E-state index is 0.177. The number of para-hydroxylation sites is 2. The molecule has 1 amide bonds. The Bertz CT molecular complexity index is 1360. The van der Waals surface area contributed by atoms with E-state index in [-0.39, 0.29) is 24.5 Å². The highest BCUT2D eigenvalue weighted by atomic mass is 32.1. The number of rotatable bonds is 9. The van der Waals surface area contributed by atoms with E-state index in [0.29, 0.717) is 28.2 Å². The maximum absolute atomic E-state index is 14.2. The summed E-state index contributed by atoms with van der Waals surface area (Å²) in [5.41, 5.74) is 10.2. The molecule has 4 rings (SSSR count). The fourth-order valence-corrected chi connectivity index (χ4v) is 4.53. The van der Waals surface area contributed by atoms with Crippen LogP contribution in [0.3, 0.4) is 0 Å². The van der Waals surface area contributed by atoms with Gasteiger partial charge in [0.2, 0.25) is 0 Å². The minimum Gasteiger partial charge on any atom is -0.481 e. The van der Waals surface area contributed by atoms with E-state index in [2.05, 4.69) is 17.9 Å². The molecule has 2 unspecified atom stereocenters. The second-order valence-electron chi connectivity index (χ2n) is 8.73. The summed E-state index contributed by atoms with van der Waals surface area (Å²) < 4.78 is 0. The Morgan fingerprint density at radius 2 is 1.78 bits per heavy atom. The van der Waals surface area contributed by atoms with Gasteiger partial charge in [-0.3, -0.25) is 29.6 Å². The SMILES string of the molecule is Cc1cccc(CC(=O)O)c1N1C(=O)C(NCC(=O)C(N)CS)N=C(c2ccccc2)c2ccccc21. The highest BCUT2D eigenvalue weighted by molar-refractivity contribution is 7.80. The van der Waals surface area contributed by atoms with Crippen molar-refractivity contribution in [1.82, 2.24) is 5.32 Å². The van der Waals surface area contributed by atoms with Gasteiger partial charge < -0.3 is 10.8 Å². The number of benzene rings is 3. The third kappa shape index (κ3) is 5.64. The average Bonchev–Trinajstić information content (AvgIpc) is 3.01. The second kappa shape index (κ2) is 11.5. The number of carbonyl (C=O) groups is 3. The maximum atomic E-state index is 14.2. The zero-order chi connectivity index (χ0) is 26.5. The summed E-state index contributed by atoms with van der Waals surface area (Å²) in [4.78, 5) is 44.7. The average molecular weight is 517 g/mol. The molecule has 4 N–H and O–H groups in total. The van der Waals surface area contributed by atoms with Crippen LogP contribution in [-0.2, 0) is 20.8 Å². The van der Waals surface area contributed by atoms with Crippen molar-refractivity contribution in [2.45, 2.75) is 25.6 Å². The standard InChI is InChI=1S/C28H28N4O4S/c1-17-8-7-11-19(14-24(34)35)26(17)32-22-13-6-5-12-20(22)25(18-9-3-2-4-10-18)31-27(28(32)36)30-15-23(33)21(29)16-37/h2-13,21,27,30,37H,14-16,29H2,1H3,(H,34,35). The Labute approximate surface area is 220 Å². The summed E-state index contributed by atoms with van der Waals surface area (Å²) >= 11 is 4.09. The molecule has 0 radical (unpaired) electrons. The van der Waals surface area contributed by atoms with Gasteiger partial charge in [-0.05, 0) is 24.1 Å². The number of carboxylic acids is 1. The number of aliphatic carboxylic acids is 1. The Hall–Kier alpha value is -3.79. The van der Waals surface area contributed by atoms with Crippen molar-refractivity contribution in [3.8, 4) is 0 Å². The summed E-state index contributed by atoms with van der Waals surface area (Å²) in [7, 11) is 0. The van der Waals surface area contributed by atoms with Crippen molar-refractivity contribution in [2.24, 2.45) is 10.7 Å². The summed E-state index contributed by atoms with van der Waals surface area (Å²) in [6.07, 6.45) is -1.39. The van der Waals surface area contributed by atoms with E-state index >= 15 is 0 Å². The van der Waals surface area contributed by atoms with Crippen LogP contribution in [0.5, 0.6) is 0 Å². The lowest BCUT2D eigenvalue weighted by Crippen LogP contribution is -2.48. The number of nitrogens with zero attached hydrogens (tertiary/aromatic N) is 2. The van der Waals surface area contributed by atoms with Crippen LogP contribution in [0.15, 0.2) is 77.8 Å². The number of carboxylic acid groups (broad SMARTS) is 1. The normalized spacial score (nSPS) is 16.0. The van der Waals surface area contributed by atoms with Crippen LogP contribution in [0, 0.1) is 6.92 Å². The number of nitrogens with two attached hydrogens (primary N) is 1. The molecule has 0 spiro atoms. The lowest BCUT2D eigenvalue weighted by molar-refractivity contribution is -0.136. The van der Waals surface area contributed by atoms with E-state index in [9.17, 15) is 19.5 Å². The van der Waals surface area contributed by atoms with Crippen LogP contribution in [-0.4, -0.2) is 53.0 Å². The first-order chi connectivity index (χ1) is 17.8. The molecule has 1 aliphatic rings. The smallest absolute Gasteiger partial charge is 0.307 e. The lowest BCUT2D eigenvalue weighted by Gasteiger charge is -2.29. The third-order valence-electron chi connectivity index (χ3n) is 6.13. The molecular formula is C28H28N4O4S.